The second kappa shape index (κ2) is 9.89. The summed E-state index contributed by atoms with van der Waals surface area (Å²) < 4.78 is 31.7. The molecule has 0 aromatic heterocycles. The van der Waals surface area contributed by atoms with Crippen LogP contribution in [0, 0.1) is 6.92 Å². The van der Waals surface area contributed by atoms with Crippen LogP contribution in [-0.2, 0) is 19.6 Å². The number of rotatable bonds is 10. The van der Waals surface area contributed by atoms with Gasteiger partial charge in [-0.25, -0.2) is 0 Å². The number of ether oxygens (including phenoxy) is 1. The quantitative estimate of drug-likeness (QED) is 0.216. The first-order chi connectivity index (χ1) is 13.4. The largest absolute Gasteiger partial charge is 0.427 e. The minimum absolute atomic E-state index is 0.0406. The molecule has 7 nitrogen and oxygen atoms in total. The molecule has 0 aliphatic heterocycles. The molecule has 2 aromatic carbocycles. The fourth-order valence-corrected chi connectivity index (χ4v) is 3.77. The average Bonchev–Trinajstić information content (AvgIpc) is 2.67. The third kappa shape index (κ3) is 5.56. The molecule has 0 heterocycles. The van der Waals surface area contributed by atoms with Gasteiger partial charge in [0.05, 0.1) is 10.6 Å². The zero-order chi connectivity index (χ0) is 20.6. The normalized spacial score (nSPS) is 10.9. The molecule has 0 bridgehead atoms. The van der Waals surface area contributed by atoms with E-state index in [0.29, 0.717) is 12.2 Å². The maximum absolute atomic E-state index is 12.9. The van der Waals surface area contributed by atoms with Gasteiger partial charge in [-0.15, -0.1) is 0 Å². The van der Waals surface area contributed by atoms with Crippen LogP contribution in [0.3, 0.4) is 0 Å². The monoisotopic (exact) mass is 404 g/mol. The van der Waals surface area contributed by atoms with Gasteiger partial charge < -0.3 is 4.74 Å². The molecular formula is C20H24N2O5S. The molecule has 0 spiro atoms. The number of nitrogens with zero attached hydrogens (tertiary/aromatic N) is 1. The number of hydrogen-bond donors (Lipinski definition) is 1. The van der Waals surface area contributed by atoms with Crippen LogP contribution in [0.5, 0.6) is 5.75 Å². The summed E-state index contributed by atoms with van der Waals surface area (Å²) in [5.41, 5.74) is 3.33. The first-order valence-electron chi connectivity index (χ1n) is 9.01. The van der Waals surface area contributed by atoms with Gasteiger partial charge in [-0.3, -0.25) is 15.0 Å². The van der Waals surface area contributed by atoms with Crippen LogP contribution in [0.2, 0.25) is 0 Å². The molecule has 8 heteroatoms. The van der Waals surface area contributed by atoms with Crippen LogP contribution < -0.4 is 14.6 Å². The van der Waals surface area contributed by atoms with Gasteiger partial charge in [-0.1, -0.05) is 37.5 Å². The maximum Gasteiger partial charge on any atom is 0.311 e. The lowest BCUT2D eigenvalue weighted by atomic mass is 10.2. The van der Waals surface area contributed by atoms with Gasteiger partial charge in [-0.2, -0.15) is 12.8 Å². The van der Waals surface area contributed by atoms with Gasteiger partial charge in [-0.05, 0) is 49.7 Å². The highest BCUT2D eigenvalue weighted by molar-refractivity contribution is 7.92. The van der Waals surface area contributed by atoms with Crippen molar-refractivity contribution in [3.8, 4) is 5.75 Å². The number of benzene rings is 2. The van der Waals surface area contributed by atoms with Crippen molar-refractivity contribution in [2.75, 3.05) is 4.41 Å². The van der Waals surface area contributed by atoms with E-state index in [1.54, 1.807) is 12.1 Å². The predicted octanol–water partition coefficient (Wildman–Crippen LogP) is 3.34. The minimum atomic E-state index is -4.00. The summed E-state index contributed by atoms with van der Waals surface area (Å²) in [6.45, 7) is 3.90. The lowest BCUT2D eigenvalue weighted by Crippen LogP contribution is -2.42. The lowest BCUT2D eigenvalue weighted by molar-refractivity contribution is -0.134. The van der Waals surface area contributed by atoms with E-state index in [-0.39, 0.29) is 23.0 Å². The number of anilines is 1. The van der Waals surface area contributed by atoms with Crippen molar-refractivity contribution in [3.05, 3.63) is 54.1 Å². The molecule has 0 unspecified atom stereocenters. The zero-order valence-electron chi connectivity index (χ0n) is 15.9. The molecule has 150 valence electrons. The number of hydrazine groups is 1. The van der Waals surface area contributed by atoms with Crippen molar-refractivity contribution in [1.82, 2.24) is 5.43 Å². The van der Waals surface area contributed by atoms with Gasteiger partial charge in [0.15, 0.2) is 0 Å². The Morgan fingerprint density at radius 1 is 1.07 bits per heavy atom. The topological polar surface area (TPSA) is 92.8 Å². The number of amides is 1. The summed E-state index contributed by atoms with van der Waals surface area (Å²) in [6.07, 6.45) is 3.34. The predicted molar refractivity (Wildman–Crippen MR) is 106 cm³/mol. The summed E-state index contributed by atoms with van der Waals surface area (Å²) in [5, 5.41) is 0. The number of carbonyl (C=O) groups excluding carboxylic acids is 2. The zero-order valence-corrected chi connectivity index (χ0v) is 16.7. The molecule has 0 atom stereocenters. The molecule has 1 N–H and O–H groups in total. The van der Waals surface area contributed by atoms with Crippen molar-refractivity contribution >= 4 is 28.1 Å². The first kappa shape index (κ1) is 21.4. The van der Waals surface area contributed by atoms with E-state index in [0.717, 1.165) is 29.2 Å². The molecule has 0 saturated carbocycles. The van der Waals surface area contributed by atoms with Crippen LogP contribution in [0.4, 0.5) is 5.69 Å². The molecular weight excluding hydrogens is 380 g/mol. The highest BCUT2D eigenvalue weighted by Crippen LogP contribution is 2.24. The summed E-state index contributed by atoms with van der Waals surface area (Å²) in [5.74, 6) is -0.0274. The molecule has 2 rings (SSSR count). The van der Waals surface area contributed by atoms with Crippen LogP contribution in [0.1, 0.15) is 38.2 Å². The Labute approximate surface area is 165 Å². The number of nitrogens with one attached hydrogen (secondary N) is 1. The van der Waals surface area contributed by atoms with Crippen LogP contribution in [0.25, 0.3) is 0 Å². The van der Waals surface area contributed by atoms with Crippen LogP contribution >= 0.6 is 0 Å². The SMILES string of the molecule is CCCCCC(=O)Oc1ccc(N(NC=O)S(=O)(=O)c2ccc(C)cc2)cc1. The van der Waals surface area contributed by atoms with Gasteiger partial charge >= 0.3 is 5.97 Å². The Morgan fingerprint density at radius 3 is 2.29 bits per heavy atom. The smallest absolute Gasteiger partial charge is 0.311 e. The fraction of sp³-hybridized carbons (Fsp3) is 0.300. The molecule has 0 fully saturated rings. The van der Waals surface area contributed by atoms with Crippen molar-refractivity contribution in [2.24, 2.45) is 0 Å². The van der Waals surface area contributed by atoms with Crippen LogP contribution in [-0.4, -0.2) is 20.8 Å². The summed E-state index contributed by atoms with van der Waals surface area (Å²) in [7, 11) is -4.00. The highest BCUT2D eigenvalue weighted by Gasteiger charge is 2.25. The molecule has 0 saturated heterocycles. The van der Waals surface area contributed by atoms with E-state index in [1.807, 2.05) is 13.8 Å². The average molecular weight is 404 g/mol. The number of esters is 1. The first-order valence-corrected chi connectivity index (χ1v) is 10.4. The second-order valence-electron chi connectivity index (χ2n) is 6.25. The van der Waals surface area contributed by atoms with E-state index >= 15 is 0 Å². The summed E-state index contributed by atoms with van der Waals surface area (Å²) in [4.78, 5) is 22.8. The van der Waals surface area contributed by atoms with Gasteiger partial charge in [0.2, 0.25) is 6.41 Å². The number of hydrogen-bond acceptors (Lipinski definition) is 5. The Bertz CT molecular complexity index is 893. The van der Waals surface area contributed by atoms with Crippen molar-refractivity contribution in [2.45, 2.75) is 44.4 Å². The van der Waals surface area contributed by atoms with Gasteiger partial charge in [0.25, 0.3) is 10.0 Å². The fourth-order valence-electron chi connectivity index (χ4n) is 2.50. The third-order valence-electron chi connectivity index (χ3n) is 4.02. The van der Waals surface area contributed by atoms with E-state index in [2.05, 4.69) is 5.43 Å². The van der Waals surface area contributed by atoms with E-state index in [1.165, 1.54) is 36.4 Å². The Morgan fingerprint density at radius 2 is 1.71 bits per heavy atom. The highest BCUT2D eigenvalue weighted by atomic mass is 32.2. The molecule has 0 aliphatic carbocycles. The number of carbonyl (C=O) groups is 2. The summed E-state index contributed by atoms with van der Waals surface area (Å²) in [6, 6.07) is 12.2. The van der Waals surface area contributed by atoms with Crippen molar-refractivity contribution < 1.29 is 22.7 Å². The maximum atomic E-state index is 12.9. The standard InChI is InChI=1S/C20H24N2O5S/c1-3-4-5-6-20(24)27-18-11-9-17(10-12-18)22(21-15-23)28(25,26)19-13-7-16(2)8-14-19/h7-15H,3-6H2,1-2H3,(H,21,23). The third-order valence-corrected chi connectivity index (χ3v) is 5.68. The minimum Gasteiger partial charge on any atom is -0.427 e. The van der Waals surface area contributed by atoms with E-state index < -0.39 is 10.0 Å². The van der Waals surface area contributed by atoms with Crippen LogP contribution in [0.15, 0.2) is 53.4 Å². The number of unbranched alkanes of at least 4 members (excludes halogenated alkanes) is 2. The molecule has 1 amide bonds. The molecule has 0 radical (unpaired) electrons. The molecule has 28 heavy (non-hydrogen) atoms. The number of aryl methyl sites for hydroxylation is 1. The Kier molecular flexibility index (Phi) is 7.57. The van der Waals surface area contributed by atoms with E-state index in [9.17, 15) is 18.0 Å². The van der Waals surface area contributed by atoms with Gasteiger partial charge in [0.1, 0.15) is 5.75 Å². The van der Waals surface area contributed by atoms with Gasteiger partial charge in [0, 0.05) is 6.42 Å². The molecule has 2 aromatic rings. The number of sulfonamides is 1. The van der Waals surface area contributed by atoms with Crippen molar-refractivity contribution in [3.63, 3.8) is 0 Å². The van der Waals surface area contributed by atoms with Crippen molar-refractivity contribution in [1.29, 1.82) is 0 Å². The summed E-state index contributed by atoms with van der Waals surface area (Å²) >= 11 is 0. The lowest BCUT2D eigenvalue weighted by Gasteiger charge is -2.23. The Balaban J connectivity index is 2.18. The Hall–Kier alpha value is -2.87. The van der Waals surface area contributed by atoms with E-state index in [4.69, 9.17) is 4.74 Å². The second-order valence-corrected chi connectivity index (χ2v) is 8.04. The molecule has 0 aliphatic rings.